The molecule has 3 amide bonds. The van der Waals surface area contributed by atoms with Gasteiger partial charge < -0.3 is 32.5 Å². The van der Waals surface area contributed by atoms with Crippen LogP contribution in [0, 0.1) is 11.8 Å². The van der Waals surface area contributed by atoms with Gasteiger partial charge in [-0.15, -0.1) is 0 Å². The van der Waals surface area contributed by atoms with Crippen molar-refractivity contribution in [3.8, 4) is 0 Å². The molecule has 0 aromatic heterocycles. The fourth-order valence-corrected chi connectivity index (χ4v) is 3.07. The van der Waals surface area contributed by atoms with Crippen LogP contribution in [-0.4, -0.2) is 65.3 Å². The molecule has 0 aliphatic rings. The zero-order valence-corrected chi connectivity index (χ0v) is 19.8. The van der Waals surface area contributed by atoms with Crippen LogP contribution in [0.4, 0.5) is 0 Å². The van der Waals surface area contributed by atoms with Crippen molar-refractivity contribution in [1.29, 1.82) is 0 Å². The van der Waals surface area contributed by atoms with Crippen LogP contribution in [0.1, 0.15) is 53.4 Å². The topological polar surface area (TPSA) is 177 Å². The first-order valence-electron chi connectivity index (χ1n) is 10.7. The first-order valence-corrected chi connectivity index (χ1v) is 11.3. The molecule has 0 heterocycles. The molecule has 0 saturated heterocycles. The molecule has 0 aromatic rings. The van der Waals surface area contributed by atoms with Crippen molar-refractivity contribution in [2.24, 2.45) is 23.3 Å². The normalized spacial score (nSPS) is 16.0. The second-order valence-electron chi connectivity index (χ2n) is 8.08. The van der Waals surface area contributed by atoms with Crippen molar-refractivity contribution in [1.82, 2.24) is 16.0 Å². The first kappa shape index (κ1) is 29.1. The molecule has 5 atom stereocenters. The van der Waals surface area contributed by atoms with Crippen LogP contribution in [0.15, 0.2) is 0 Å². The lowest BCUT2D eigenvalue weighted by Gasteiger charge is -2.29. The number of carbonyl (C=O) groups is 4. The van der Waals surface area contributed by atoms with E-state index >= 15 is 0 Å². The molecule has 31 heavy (non-hydrogen) atoms. The first-order chi connectivity index (χ1) is 14.5. The fourth-order valence-electron chi connectivity index (χ4n) is 2.83. The monoisotopic (exact) mass is 461 g/mol. The molecular formula is C20H39N5O5S. The number of unbranched alkanes of at least 4 members (excludes halogenated alkanes) is 1. The molecule has 0 aliphatic carbocycles. The maximum Gasteiger partial charge on any atom is 0.327 e. The number of hydrogen-bond donors (Lipinski definition) is 7. The van der Waals surface area contributed by atoms with Crippen LogP contribution in [0.3, 0.4) is 0 Å². The Morgan fingerprint density at radius 3 is 1.94 bits per heavy atom. The highest BCUT2D eigenvalue weighted by atomic mass is 32.1. The van der Waals surface area contributed by atoms with Crippen LogP contribution in [-0.2, 0) is 19.2 Å². The summed E-state index contributed by atoms with van der Waals surface area (Å²) >= 11 is 3.93. The van der Waals surface area contributed by atoms with Gasteiger partial charge in [0.25, 0.3) is 0 Å². The van der Waals surface area contributed by atoms with Crippen LogP contribution in [0.5, 0.6) is 0 Å². The number of nitrogens with one attached hydrogen (secondary N) is 3. The standard InChI is InChI=1S/C20H39N5O5S/c1-5-12(4)16(25-17(26)13(22)8-6-7-9-21)19(28)24-15(11(2)3)18(27)23-14(10-31)20(29)30/h11-16,31H,5-10,21-22H2,1-4H3,(H,23,27)(H,24,28)(H,25,26)(H,29,30). The summed E-state index contributed by atoms with van der Waals surface area (Å²) in [6.45, 7) is 7.67. The zero-order chi connectivity index (χ0) is 24.1. The number of carboxylic acid groups (broad SMARTS) is 1. The van der Waals surface area contributed by atoms with Crippen molar-refractivity contribution >= 4 is 36.3 Å². The lowest BCUT2D eigenvalue weighted by atomic mass is 9.96. The molecule has 11 heteroatoms. The van der Waals surface area contributed by atoms with Gasteiger partial charge in [-0.05, 0) is 31.2 Å². The summed E-state index contributed by atoms with van der Waals surface area (Å²) in [6, 6.07) is -3.80. The molecule has 0 rings (SSSR count). The van der Waals surface area contributed by atoms with Crippen molar-refractivity contribution in [2.45, 2.75) is 77.5 Å². The Balaban J connectivity index is 5.30. The molecule has 0 spiro atoms. The molecule has 0 aliphatic heterocycles. The van der Waals surface area contributed by atoms with Crippen molar-refractivity contribution in [2.75, 3.05) is 12.3 Å². The molecule has 0 radical (unpaired) electrons. The van der Waals surface area contributed by atoms with Crippen LogP contribution < -0.4 is 27.4 Å². The summed E-state index contributed by atoms with van der Waals surface area (Å²) in [4.78, 5) is 49.2. The smallest absolute Gasteiger partial charge is 0.327 e. The van der Waals surface area contributed by atoms with E-state index in [0.29, 0.717) is 25.8 Å². The zero-order valence-electron chi connectivity index (χ0n) is 18.9. The average Bonchev–Trinajstić information content (AvgIpc) is 2.72. The van der Waals surface area contributed by atoms with E-state index in [1.807, 2.05) is 13.8 Å². The Kier molecular flexibility index (Phi) is 14.1. The van der Waals surface area contributed by atoms with Crippen molar-refractivity contribution < 1.29 is 24.3 Å². The van der Waals surface area contributed by atoms with E-state index in [1.165, 1.54) is 0 Å². The maximum absolute atomic E-state index is 13.0. The van der Waals surface area contributed by atoms with Crippen LogP contribution in [0.2, 0.25) is 0 Å². The molecular weight excluding hydrogens is 422 g/mol. The lowest BCUT2D eigenvalue weighted by Crippen LogP contribution is -2.59. The number of carbonyl (C=O) groups excluding carboxylic acids is 3. The maximum atomic E-state index is 13.0. The van der Waals surface area contributed by atoms with Crippen molar-refractivity contribution in [3.05, 3.63) is 0 Å². The van der Waals surface area contributed by atoms with Gasteiger partial charge in [0.2, 0.25) is 17.7 Å². The van der Waals surface area contributed by atoms with Gasteiger partial charge in [0.15, 0.2) is 0 Å². The predicted octanol–water partition coefficient (Wildman–Crippen LogP) is -0.386. The average molecular weight is 462 g/mol. The second-order valence-corrected chi connectivity index (χ2v) is 8.44. The molecule has 0 saturated carbocycles. The van der Waals surface area contributed by atoms with Crippen molar-refractivity contribution in [3.63, 3.8) is 0 Å². The molecule has 10 nitrogen and oxygen atoms in total. The van der Waals surface area contributed by atoms with Gasteiger partial charge in [-0.3, -0.25) is 14.4 Å². The Morgan fingerprint density at radius 2 is 1.48 bits per heavy atom. The third-order valence-electron chi connectivity index (χ3n) is 5.14. The number of carboxylic acids is 1. The SMILES string of the molecule is CCC(C)C(NC(=O)C(N)CCCCN)C(=O)NC(C(=O)NC(CS)C(=O)O)C(C)C. The minimum atomic E-state index is -1.22. The van der Waals surface area contributed by atoms with Gasteiger partial charge in [0.1, 0.15) is 18.1 Å². The largest absolute Gasteiger partial charge is 0.480 e. The van der Waals surface area contributed by atoms with Crippen LogP contribution in [0.25, 0.3) is 0 Å². The third kappa shape index (κ3) is 10.3. The quantitative estimate of drug-likeness (QED) is 0.128. The van der Waals surface area contributed by atoms with E-state index < -0.39 is 47.9 Å². The highest BCUT2D eigenvalue weighted by molar-refractivity contribution is 7.80. The number of aliphatic carboxylic acids is 1. The van der Waals surface area contributed by atoms with E-state index in [9.17, 15) is 19.2 Å². The molecule has 0 bridgehead atoms. The molecule has 180 valence electrons. The highest BCUT2D eigenvalue weighted by Crippen LogP contribution is 2.11. The van der Waals surface area contributed by atoms with Gasteiger partial charge in [-0.25, -0.2) is 4.79 Å². The number of amides is 3. The Morgan fingerprint density at radius 1 is 0.935 bits per heavy atom. The summed E-state index contributed by atoms with van der Waals surface area (Å²) < 4.78 is 0. The van der Waals surface area contributed by atoms with Gasteiger partial charge in [0, 0.05) is 5.75 Å². The summed E-state index contributed by atoms with van der Waals surface area (Å²) in [5.41, 5.74) is 11.4. The van der Waals surface area contributed by atoms with Gasteiger partial charge in [-0.1, -0.05) is 40.5 Å². The van der Waals surface area contributed by atoms with E-state index in [-0.39, 0.29) is 17.6 Å². The summed E-state index contributed by atoms with van der Waals surface area (Å²) in [5.74, 6) is -3.42. The molecule has 0 aromatic carbocycles. The Hall–Kier alpha value is -1.85. The molecule has 5 unspecified atom stereocenters. The van der Waals surface area contributed by atoms with E-state index in [4.69, 9.17) is 16.6 Å². The van der Waals surface area contributed by atoms with E-state index in [1.54, 1.807) is 13.8 Å². The highest BCUT2D eigenvalue weighted by Gasteiger charge is 2.33. The second kappa shape index (κ2) is 15.0. The number of nitrogens with two attached hydrogens (primary N) is 2. The number of hydrogen-bond acceptors (Lipinski definition) is 7. The van der Waals surface area contributed by atoms with Gasteiger partial charge >= 0.3 is 5.97 Å². The summed E-state index contributed by atoms with van der Waals surface area (Å²) in [6.07, 6.45) is 2.52. The minimum Gasteiger partial charge on any atom is -0.480 e. The summed E-state index contributed by atoms with van der Waals surface area (Å²) in [7, 11) is 0. The van der Waals surface area contributed by atoms with Gasteiger partial charge in [0.05, 0.1) is 6.04 Å². The lowest BCUT2D eigenvalue weighted by molar-refractivity contribution is -0.142. The Bertz CT molecular complexity index is 605. The fraction of sp³-hybridized carbons (Fsp3) is 0.800. The Labute approximate surface area is 190 Å². The van der Waals surface area contributed by atoms with E-state index in [2.05, 4.69) is 28.6 Å². The van der Waals surface area contributed by atoms with Gasteiger partial charge in [-0.2, -0.15) is 12.6 Å². The predicted molar refractivity (Wildman–Crippen MR) is 122 cm³/mol. The summed E-state index contributed by atoms with van der Waals surface area (Å²) in [5, 5.41) is 16.9. The molecule has 8 N–H and O–H groups in total. The number of thiol groups is 1. The number of rotatable bonds is 15. The van der Waals surface area contributed by atoms with E-state index in [0.717, 1.165) is 6.42 Å². The molecule has 0 fully saturated rings. The minimum absolute atomic E-state index is 0.0899. The third-order valence-corrected chi connectivity index (χ3v) is 5.51. The van der Waals surface area contributed by atoms with Crippen LogP contribution >= 0.6 is 12.6 Å².